The summed E-state index contributed by atoms with van der Waals surface area (Å²) in [7, 11) is 0. The van der Waals surface area contributed by atoms with Crippen molar-refractivity contribution in [2.24, 2.45) is 0 Å². The summed E-state index contributed by atoms with van der Waals surface area (Å²) in [6, 6.07) is -1.17. The Kier molecular flexibility index (Phi) is 5.01. The van der Waals surface area contributed by atoms with Crippen LogP contribution in [-0.2, 0) is 9.53 Å². The smallest absolute Gasteiger partial charge is 0.410 e. The maximum atomic E-state index is 12.4. The molecule has 0 spiro atoms. The highest BCUT2D eigenvalue weighted by molar-refractivity contribution is 5.95. The quantitative estimate of drug-likeness (QED) is 0.842. The second-order valence-corrected chi connectivity index (χ2v) is 6.37. The molecule has 24 heavy (non-hydrogen) atoms. The van der Waals surface area contributed by atoms with Gasteiger partial charge in [-0.2, -0.15) is 0 Å². The maximum Gasteiger partial charge on any atom is 0.410 e. The minimum Gasteiger partial charge on any atom is -0.480 e. The van der Waals surface area contributed by atoms with Crippen LogP contribution in [0.2, 0.25) is 0 Å². The minimum atomic E-state index is -1.19. The van der Waals surface area contributed by atoms with Gasteiger partial charge in [-0.1, -0.05) is 0 Å². The molecule has 0 bridgehead atoms. The van der Waals surface area contributed by atoms with Crippen LogP contribution in [0.4, 0.5) is 4.79 Å². The van der Waals surface area contributed by atoms with Gasteiger partial charge in [-0.3, -0.25) is 9.78 Å². The number of aliphatic carboxylic acids is 1. The van der Waals surface area contributed by atoms with Gasteiger partial charge < -0.3 is 19.6 Å². The summed E-state index contributed by atoms with van der Waals surface area (Å²) in [6.07, 6.45) is 3.47. The maximum absolute atomic E-state index is 12.4. The fourth-order valence-corrected chi connectivity index (χ4v) is 2.29. The van der Waals surface area contributed by atoms with Gasteiger partial charge in [-0.15, -0.1) is 0 Å². The Morgan fingerprint density at radius 3 is 2.50 bits per heavy atom. The first kappa shape index (κ1) is 17.6. The van der Waals surface area contributed by atoms with Gasteiger partial charge in [0.25, 0.3) is 5.91 Å². The van der Waals surface area contributed by atoms with E-state index >= 15 is 0 Å². The summed E-state index contributed by atoms with van der Waals surface area (Å²) in [5, 5.41) is 9.43. The van der Waals surface area contributed by atoms with Crippen molar-refractivity contribution < 1.29 is 24.2 Å². The van der Waals surface area contributed by atoms with E-state index in [2.05, 4.69) is 9.97 Å². The predicted octanol–water partition coefficient (Wildman–Crippen LogP) is 0.623. The third-order valence-electron chi connectivity index (χ3n) is 3.36. The molecule has 1 saturated heterocycles. The molecule has 2 amide bonds. The molecule has 1 N–H and O–H groups in total. The predicted molar refractivity (Wildman–Crippen MR) is 82.3 cm³/mol. The molecule has 1 aromatic heterocycles. The second-order valence-electron chi connectivity index (χ2n) is 6.37. The van der Waals surface area contributed by atoms with E-state index in [9.17, 15) is 19.5 Å². The van der Waals surface area contributed by atoms with Crippen LogP contribution >= 0.6 is 0 Å². The van der Waals surface area contributed by atoms with Gasteiger partial charge in [-0.25, -0.2) is 14.6 Å². The average molecular weight is 336 g/mol. The van der Waals surface area contributed by atoms with Crippen molar-refractivity contribution in [2.45, 2.75) is 32.4 Å². The molecule has 0 unspecified atom stereocenters. The molecule has 1 fully saturated rings. The van der Waals surface area contributed by atoms with Crippen molar-refractivity contribution in [1.29, 1.82) is 0 Å². The van der Waals surface area contributed by atoms with E-state index in [0.29, 0.717) is 0 Å². The zero-order valence-corrected chi connectivity index (χ0v) is 13.8. The SMILES string of the molecule is CC(C)(C)OC(=O)N1CCN(C(=O)c2cnccn2)[C@H](C(=O)O)C1. The van der Waals surface area contributed by atoms with E-state index < -0.39 is 29.6 Å². The first-order valence-corrected chi connectivity index (χ1v) is 7.47. The first-order valence-electron chi connectivity index (χ1n) is 7.47. The van der Waals surface area contributed by atoms with Crippen LogP contribution < -0.4 is 0 Å². The number of carboxylic acids is 1. The summed E-state index contributed by atoms with van der Waals surface area (Å²) in [5.41, 5.74) is -0.614. The van der Waals surface area contributed by atoms with E-state index in [1.54, 1.807) is 20.8 Å². The monoisotopic (exact) mass is 336 g/mol. The lowest BCUT2D eigenvalue weighted by molar-refractivity contribution is -0.144. The van der Waals surface area contributed by atoms with Crippen LogP contribution in [0.5, 0.6) is 0 Å². The van der Waals surface area contributed by atoms with Crippen LogP contribution in [0.3, 0.4) is 0 Å². The molecular formula is C15H20N4O5. The Hall–Kier alpha value is -2.71. The number of amides is 2. The van der Waals surface area contributed by atoms with Crippen LogP contribution in [0.15, 0.2) is 18.6 Å². The van der Waals surface area contributed by atoms with Gasteiger partial charge >= 0.3 is 12.1 Å². The van der Waals surface area contributed by atoms with Gasteiger partial charge in [0, 0.05) is 25.5 Å². The third-order valence-corrected chi connectivity index (χ3v) is 3.36. The summed E-state index contributed by atoms with van der Waals surface area (Å²) >= 11 is 0. The highest BCUT2D eigenvalue weighted by atomic mass is 16.6. The Balaban J connectivity index is 2.13. The van der Waals surface area contributed by atoms with Crippen molar-refractivity contribution in [2.75, 3.05) is 19.6 Å². The largest absolute Gasteiger partial charge is 0.480 e. The summed E-state index contributed by atoms with van der Waals surface area (Å²) in [5.74, 6) is -1.72. The van der Waals surface area contributed by atoms with Crippen molar-refractivity contribution >= 4 is 18.0 Å². The molecule has 1 aliphatic rings. The van der Waals surface area contributed by atoms with Gasteiger partial charge in [0.2, 0.25) is 0 Å². The minimum absolute atomic E-state index is 0.0643. The third kappa shape index (κ3) is 4.18. The molecule has 2 rings (SSSR count). The summed E-state index contributed by atoms with van der Waals surface area (Å²) in [6.45, 7) is 5.31. The Bertz CT molecular complexity index is 629. The van der Waals surface area contributed by atoms with Crippen LogP contribution in [0, 0.1) is 0 Å². The van der Waals surface area contributed by atoms with E-state index in [0.717, 1.165) is 0 Å². The van der Waals surface area contributed by atoms with E-state index in [1.807, 2.05) is 0 Å². The number of hydrogen-bond donors (Lipinski definition) is 1. The van der Waals surface area contributed by atoms with Gasteiger partial charge in [0.1, 0.15) is 17.3 Å². The molecule has 2 heterocycles. The van der Waals surface area contributed by atoms with Gasteiger partial charge in [0.15, 0.2) is 0 Å². The number of rotatable bonds is 2. The number of hydrogen-bond acceptors (Lipinski definition) is 6. The molecule has 1 aliphatic heterocycles. The second kappa shape index (κ2) is 6.81. The normalized spacial score (nSPS) is 18.2. The van der Waals surface area contributed by atoms with E-state index in [-0.39, 0.29) is 25.3 Å². The lowest BCUT2D eigenvalue weighted by Crippen LogP contribution is -2.60. The fraction of sp³-hybridized carbons (Fsp3) is 0.533. The van der Waals surface area contributed by atoms with Gasteiger partial charge in [-0.05, 0) is 20.8 Å². The lowest BCUT2D eigenvalue weighted by Gasteiger charge is -2.39. The van der Waals surface area contributed by atoms with Gasteiger partial charge in [0.05, 0.1) is 12.7 Å². The number of ether oxygens (including phenoxy) is 1. The number of carboxylic acid groups (broad SMARTS) is 1. The molecule has 0 aromatic carbocycles. The average Bonchev–Trinajstić information content (AvgIpc) is 2.52. The van der Waals surface area contributed by atoms with Crippen molar-refractivity contribution in [1.82, 2.24) is 19.8 Å². The topological polar surface area (TPSA) is 113 Å². The van der Waals surface area contributed by atoms with Crippen LogP contribution in [0.25, 0.3) is 0 Å². The number of piperazine rings is 1. The standard InChI is InChI=1S/C15H20N4O5/c1-15(2,3)24-14(23)18-6-7-19(11(9-18)13(21)22)12(20)10-8-16-4-5-17-10/h4-5,8,11H,6-7,9H2,1-3H3,(H,21,22)/t11-/m0/s1. The molecule has 9 heteroatoms. The number of carbonyl (C=O) groups excluding carboxylic acids is 2. The molecule has 0 aliphatic carbocycles. The highest BCUT2D eigenvalue weighted by Crippen LogP contribution is 2.17. The number of carbonyl (C=O) groups is 3. The fourth-order valence-electron chi connectivity index (χ4n) is 2.29. The van der Waals surface area contributed by atoms with Crippen LogP contribution in [-0.4, -0.2) is 74.1 Å². The Labute approximate surface area is 139 Å². The van der Waals surface area contributed by atoms with E-state index in [4.69, 9.17) is 4.74 Å². The number of aromatic nitrogens is 2. The summed E-state index contributed by atoms with van der Waals surface area (Å²) < 4.78 is 5.25. The molecular weight excluding hydrogens is 316 g/mol. The Morgan fingerprint density at radius 1 is 1.25 bits per heavy atom. The zero-order chi connectivity index (χ0) is 17.9. The highest BCUT2D eigenvalue weighted by Gasteiger charge is 2.38. The Morgan fingerprint density at radius 2 is 1.96 bits per heavy atom. The first-order chi connectivity index (χ1) is 11.2. The van der Waals surface area contributed by atoms with Crippen molar-refractivity contribution in [3.8, 4) is 0 Å². The molecule has 9 nitrogen and oxygen atoms in total. The number of nitrogens with zero attached hydrogens (tertiary/aromatic N) is 4. The van der Waals surface area contributed by atoms with Crippen molar-refractivity contribution in [3.63, 3.8) is 0 Å². The van der Waals surface area contributed by atoms with Crippen LogP contribution in [0.1, 0.15) is 31.3 Å². The lowest BCUT2D eigenvalue weighted by atomic mass is 10.1. The summed E-state index contributed by atoms with van der Waals surface area (Å²) in [4.78, 5) is 46.3. The van der Waals surface area contributed by atoms with E-state index in [1.165, 1.54) is 28.4 Å². The van der Waals surface area contributed by atoms with Crippen molar-refractivity contribution in [3.05, 3.63) is 24.3 Å². The molecule has 1 aromatic rings. The molecule has 1 atom stereocenters. The molecule has 0 saturated carbocycles. The zero-order valence-electron chi connectivity index (χ0n) is 13.8. The molecule has 130 valence electrons. The molecule has 0 radical (unpaired) electrons.